The van der Waals surface area contributed by atoms with Crippen LogP contribution in [0.5, 0.6) is 0 Å². The van der Waals surface area contributed by atoms with Crippen molar-refractivity contribution < 1.29 is 9.59 Å². The summed E-state index contributed by atoms with van der Waals surface area (Å²) >= 11 is 0. The number of amides is 3. The Bertz CT molecular complexity index is 1760. The van der Waals surface area contributed by atoms with E-state index in [0.29, 0.717) is 38.4 Å². The van der Waals surface area contributed by atoms with Crippen molar-refractivity contribution in [2.24, 2.45) is 0 Å². The molecule has 1 atom stereocenters. The number of likely N-dealkylation sites (tertiary alicyclic amines) is 3. The summed E-state index contributed by atoms with van der Waals surface area (Å²) < 4.78 is 0. The first kappa shape index (κ1) is 30.5. The molecule has 3 aliphatic heterocycles. The second-order valence-corrected chi connectivity index (χ2v) is 13.5. The van der Waals surface area contributed by atoms with Crippen molar-refractivity contribution in [1.29, 1.82) is 0 Å². The average molecular weight is 624 g/mol. The third-order valence-corrected chi connectivity index (χ3v) is 10.5. The van der Waals surface area contributed by atoms with Crippen LogP contribution in [0.2, 0.25) is 0 Å². The summed E-state index contributed by atoms with van der Waals surface area (Å²) in [5.41, 5.74) is 4.62. The van der Waals surface area contributed by atoms with Crippen LogP contribution >= 0.6 is 0 Å². The number of fused-ring (bicyclic) bond motifs is 2. The number of hydrogen-bond donors (Lipinski definition) is 3. The van der Waals surface area contributed by atoms with Crippen LogP contribution in [0.1, 0.15) is 67.6 Å². The number of pyridine rings is 1. The monoisotopic (exact) mass is 623 g/mol. The number of aromatic amines is 2. The van der Waals surface area contributed by atoms with Crippen molar-refractivity contribution >= 4 is 33.7 Å². The van der Waals surface area contributed by atoms with Crippen molar-refractivity contribution in [3.63, 3.8) is 0 Å². The average Bonchev–Trinajstić information content (AvgIpc) is 3.57. The van der Waals surface area contributed by atoms with Crippen molar-refractivity contribution in [3.8, 4) is 0 Å². The number of para-hydroxylation sites is 1. The van der Waals surface area contributed by atoms with Gasteiger partial charge in [-0.05, 0) is 99.2 Å². The Morgan fingerprint density at radius 1 is 0.913 bits per heavy atom. The summed E-state index contributed by atoms with van der Waals surface area (Å²) in [5.74, 6) is 0.0775. The van der Waals surface area contributed by atoms with Crippen LogP contribution in [0.4, 0.5) is 4.79 Å². The lowest BCUT2D eigenvalue weighted by Gasteiger charge is -2.41. The van der Waals surface area contributed by atoms with Gasteiger partial charge in [0, 0.05) is 55.1 Å². The van der Waals surface area contributed by atoms with Gasteiger partial charge in [-0.15, -0.1) is 0 Å². The van der Waals surface area contributed by atoms with Gasteiger partial charge in [-0.1, -0.05) is 30.7 Å². The smallest absolute Gasteiger partial charge is 0.318 e. The topological polar surface area (TPSA) is 117 Å². The zero-order chi connectivity index (χ0) is 31.6. The van der Waals surface area contributed by atoms with E-state index < -0.39 is 6.04 Å². The first-order chi connectivity index (χ1) is 22.4. The van der Waals surface area contributed by atoms with Gasteiger partial charge in [0.1, 0.15) is 6.04 Å². The van der Waals surface area contributed by atoms with Crippen molar-refractivity contribution in [3.05, 3.63) is 75.7 Å². The second kappa shape index (κ2) is 13.3. The molecule has 3 fully saturated rings. The number of benzene rings is 2. The molecule has 10 nitrogen and oxygen atoms in total. The highest BCUT2D eigenvalue weighted by molar-refractivity contribution is 5.88. The number of carbonyl (C=O) groups excluding carboxylic acids is 2. The van der Waals surface area contributed by atoms with Crippen LogP contribution in [0, 0.1) is 6.92 Å². The molecule has 2 aromatic carbocycles. The van der Waals surface area contributed by atoms with Crippen LogP contribution in [-0.2, 0) is 11.2 Å². The van der Waals surface area contributed by atoms with E-state index in [2.05, 4.69) is 37.5 Å². The summed E-state index contributed by atoms with van der Waals surface area (Å²) in [4.78, 5) is 50.1. The van der Waals surface area contributed by atoms with E-state index in [1.165, 1.54) is 32.4 Å². The molecular weight excluding hydrogens is 578 g/mol. The fourth-order valence-electron chi connectivity index (χ4n) is 7.92. The van der Waals surface area contributed by atoms with E-state index in [4.69, 9.17) is 0 Å². The molecule has 3 amide bonds. The fourth-order valence-corrected chi connectivity index (χ4v) is 7.92. The molecule has 2 aromatic heterocycles. The Morgan fingerprint density at radius 2 is 1.65 bits per heavy atom. The first-order valence-electron chi connectivity index (χ1n) is 17.1. The van der Waals surface area contributed by atoms with Gasteiger partial charge in [0.15, 0.2) is 0 Å². The SMILES string of the molecule is Cc1cc(C[C@@H](NC(=O)N2CCC(c3cc4ccccc4[nH]c3=O)CC2)C(=O)N2CCC(N3CCCCC3)CC2)cc2cn[nH]c12. The molecule has 242 valence electrons. The molecule has 4 aromatic rings. The molecule has 0 saturated carbocycles. The molecule has 3 N–H and O–H groups in total. The zero-order valence-corrected chi connectivity index (χ0v) is 26.8. The number of aromatic nitrogens is 3. The molecule has 0 aliphatic carbocycles. The van der Waals surface area contributed by atoms with E-state index in [0.717, 1.165) is 64.4 Å². The van der Waals surface area contributed by atoms with E-state index >= 15 is 0 Å². The maximum Gasteiger partial charge on any atom is 0.318 e. The molecule has 0 unspecified atom stereocenters. The Labute approximate surface area is 269 Å². The second-order valence-electron chi connectivity index (χ2n) is 13.5. The Balaban J connectivity index is 1.03. The van der Waals surface area contributed by atoms with Gasteiger partial charge >= 0.3 is 6.03 Å². The molecule has 0 radical (unpaired) electrons. The van der Waals surface area contributed by atoms with Crippen LogP contribution < -0.4 is 10.9 Å². The van der Waals surface area contributed by atoms with Gasteiger partial charge in [0.2, 0.25) is 5.91 Å². The molecule has 3 aliphatic rings. The third kappa shape index (κ3) is 6.40. The minimum Gasteiger partial charge on any atom is -0.341 e. The number of nitrogens with one attached hydrogen (secondary N) is 3. The van der Waals surface area contributed by atoms with Gasteiger partial charge in [0.25, 0.3) is 5.56 Å². The van der Waals surface area contributed by atoms with E-state index in [-0.39, 0.29) is 23.4 Å². The Kier molecular flexibility index (Phi) is 8.80. The number of piperidine rings is 3. The van der Waals surface area contributed by atoms with Crippen molar-refractivity contribution in [2.45, 2.75) is 76.3 Å². The molecule has 5 heterocycles. The van der Waals surface area contributed by atoms with E-state index in [1.807, 2.05) is 42.2 Å². The normalized spacial score (nSPS) is 19.5. The third-order valence-electron chi connectivity index (χ3n) is 10.5. The standard InChI is InChI=1S/C36H45N7O3/c1-24-19-25(20-28-23-37-40-33(24)28)21-32(35(45)42-17-11-29(12-18-42)41-13-5-2-6-14-41)39-36(46)43-15-9-26(10-16-43)30-22-27-7-3-4-8-31(27)38-34(30)44/h3-4,7-8,19-20,22-23,26,29,32H,2,5-6,9-18,21H2,1H3,(H,37,40)(H,38,44)(H,39,46)/t32-/m1/s1. The Hall–Kier alpha value is -4.18. The van der Waals surface area contributed by atoms with Gasteiger partial charge in [-0.3, -0.25) is 14.7 Å². The molecule has 0 bridgehead atoms. The maximum atomic E-state index is 14.1. The minimum atomic E-state index is -0.663. The van der Waals surface area contributed by atoms with Crippen LogP contribution in [0.15, 0.2) is 53.5 Å². The number of H-pyrrole nitrogens is 2. The van der Waals surface area contributed by atoms with Gasteiger partial charge < -0.3 is 25.0 Å². The number of nitrogens with zero attached hydrogens (tertiary/aromatic N) is 4. The predicted molar refractivity (Wildman–Crippen MR) is 180 cm³/mol. The molecule has 10 heteroatoms. The predicted octanol–water partition coefficient (Wildman–Crippen LogP) is 4.69. The summed E-state index contributed by atoms with van der Waals surface area (Å²) in [6, 6.07) is 13.6. The minimum absolute atomic E-state index is 0.00651. The summed E-state index contributed by atoms with van der Waals surface area (Å²) in [6.45, 7) is 6.87. The van der Waals surface area contributed by atoms with Crippen molar-refractivity contribution in [2.75, 3.05) is 39.3 Å². The Morgan fingerprint density at radius 3 is 2.43 bits per heavy atom. The largest absolute Gasteiger partial charge is 0.341 e. The van der Waals surface area contributed by atoms with Gasteiger partial charge in [-0.2, -0.15) is 5.10 Å². The quantitative estimate of drug-likeness (QED) is 0.288. The number of aryl methyl sites for hydroxylation is 1. The molecule has 3 saturated heterocycles. The fraction of sp³-hybridized carbons (Fsp3) is 0.500. The maximum absolute atomic E-state index is 14.1. The van der Waals surface area contributed by atoms with E-state index in [1.54, 1.807) is 11.1 Å². The summed E-state index contributed by atoms with van der Waals surface area (Å²) in [5, 5.41) is 12.4. The van der Waals surface area contributed by atoms with Crippen LogP contribution in [-0.4, -0.2) is 93.2 Å². The highest BCUT2D eigenvalue weighted by Gasteiger charge is 2.34. The summed E-state index contributed by atoms with van der Waals surface area (Å²) in [7, 11) is 0. The van der Waals surface area contributed by atoms with Crippen molar-refractivity contribution in [1.82, 2.24) is 35.2 Å². The number of hydrogen-bond acceptors (Lipinski definition) is 5. The summed E-state index contributed by atoms with van der Waals surface area (Å²) in [6.07, 6.45) is 9.44. The zero-order valence-electron chi connectivity index (χ0n) is 26.8. The van der Waals surface area contributed by atoms with Crippen LogP contribution in [0.3, 0.4) is 0 Å². The highest BCUT2D eigenvalue weighted by Crippen LogP contribution is 2.28. The molecule has 46 heavy (non-hydrogen) atoms. The van der Waals surface area contributed by atoms with E-state index in [9.17, 15) is 14.4 Å². The van der Waals surface area contributed by atoms with Gasteiger partial charge in [-0.25, -0.2) is 4.79 Å². The number of carbonyl (C=O) groups is 2. The number of urea groups is 1. The molecule has 7 rings (SSSR count). The lowest BCUT2D eigenvalue weighted by Crippen LogP contribution is -2.56. The highest BCUT2D eigenvalue weighted by atomic mass is 16.2. The van der Waals surface area contributed by atoms with Crippen LogP contribution in [0.25, 0.3) is 21.8 Å². The molecular formula is C36H45N7O3. The molecule has 0 spiro atoms. The lowest BCUT2D eigenvalue weighted by molar-refractivity contribution is -0.134. The lowest BCUT2D eigenvalue weighted by atomic mass is 9.89. The first-order valence-corrected chi connectivity index (χ1v) is 17.1. The number of rotatable bonds is 6. The van der Waals surface area contributed by atoms with Gasteiger partial charge in [0.05, 0.1) is 11.7 Å².